The third-order valence-corrected chi connectivity index (χ3v) is 5.72. The van der Waals surface area contributed by atoms with Gasteiger partial charge in [0.15, 0.2) is 6.10 Å². The van der Waals surface area contributed by atoms with Crippen molar-refractivity contribution in [3.63, 3.8) is 0 Å². The van der Waals surface area contributed by atoms with Crippen LogP contribution in [0.15, 0.2) is 71.6 Å². The van der Waals surface area contributed by atoms with E-state index in [0.717, 1.165) is 42.9 Å². The summed E-state index contributed by atoms with van der Waals surface area (Å²) in [5.41, 5.74) is 5.94. The monoisotopic (exact) mass is 434 g/mol. The number of anilines is 2. The second-order valence-corrected chi connectivity index (χ2v) is 8.11. The second kappa shape index (κ2) is 8.36. The Hall–Kier alpha value is -2.44. The molecule has 30 heavy (non-hydrogen) atoms. The molecular weight excluding hydrogens is 413 g/mol. The first-order chi connectivity index (χ1) is 14.3. The van der Waals surface area contributed by atoms with E-state index >= 15 is 0 Å². The molecule has 2 aliphatic rings. The number of nitrogens with zero attached hydrogens (tertiary/aromatic N) is 1. The van der Waals surface area contributed by atoms with Gasteiger partial charge in [0.1, 0.15) is 0 Å². The van der Waals surface area contributed by atoms with E-state index in [1.807, 2.05) is 24.3 Å². The number of hydrogen-bond donors (Lipinski definition) is 2. The number of hydrogen-bond acceptors (Lipinski definition) is 3. The lowest BCUT2D eigenvalue weighted by molar-refractivity contribution is -0.203. The lowest BCUT2D eigenvalue weighted by Crippen LogP contribution is -2.30. The van der Waals surface area contributed by atoms with Gasteiger partial charge in [-0.25, -0.2) is 0 Å². The maximum atomic E-state index is 12.6. The molecule has 0 radical (unpaired) electrons. The van der Waals surface area contributed by atoms with Gasteiger partial charge in [-0.05, 0) is 66.3 Å². The van der Waals surface area contributed by atoms with Crippen LogP contribution in [0.1, 0.15) is 24.8 Å². The maximum absolute atomic E-state index is 12.6. The largest absolute Gasteiger partial charge is 0.414 e. The molecule has 0 aromatic heterocycles. The second-order valence-electron chi connectivity index (χ2n) is 7.67. The molecule has 2 N–H and O–H groups in total. The number of nitrogens with one attached hydrogen (secondary N) is 1. The van der Waals surface area contributed by atoms with Crippen LogP contribution in [0.2, 0.25) is 5.02 Å². The normalized spacial score (nSPS) is 17.6. The zero-order valence-electron chi connectivity index (χ0n) is 16.2. The average molecular weight is 435 g/mol. The highest BCUT2D eigenvalue weighted by molar-refractivity contribution is 6.30. The van der Waals surface area contributed by atoms with E-state index in [4.69, 9.17) is 11.6 Å². The van der Waals surface area contributed by atoms with Gasteiger partial charge in [-0.15, -0.1) is 0 Å². The molecular formula is C23H22ClF3N2O. The third kappa shape index (κ3) is 4.65. The Morgan fingerprint density at radius 2 is 1.87 bits per heavy atom. The summed E-state index contributed by atoms with van der Waals surface area (Å²) in [7, 11) is 0. The number of rotatable bonds is 5. The van der Waals surface area contributed by atoms with Gasteiger partial charge in [-0.1, -0.05) is 29.8 Å². The van der Waals surface area contributed by atoms with Crippen molar-refractivity contribution in [1.82, 2.24) is 0 Å². The molecule has 0 spiro atoms. The molecule has 0 bridgehead atoms. The van der Waals surface area contributed by atoms with E-state index in [2.05, 4.69) is 16.4 Å². The fraction of sp³-hybridized carbons (Fsp3) is 0.304. The molecule has 4 rings (SSSR count). The van der Waals surface area contributed by atoms with E-state index in [-0.39, 0.29) is 0 Å². The van der Waals surface area contributed by atoms with Crippen molar-refractivity contribution in [1.29, 1.82) is 0 Å². The van der Waals surface area contributed by atoms with Crippen molar-refractivity contribution in [3.8, 4) is 0 Å². The molecule has 1 aliphatic carbocycles. The van der Waals surface area contributed by atoms with E-state index in [1.54, 1.807) is 24.3 Å². The maximum Gasteiger partial charge on any atom is 0.414 e. The summed E-state index contributed by atoms with van der Waals surface area (Å²) in [6.07, 6.45) is -2.18. The Labute approximate surface area is 178 Å². The third-order valence-electron chi connectivity index (χ3n) is 5.48. The van der Waals surface area contributed by atoms with Crippen molar-refractivity contribution in [2.24, 2.45) is 0 Å². The number of halogens is 4. The van der Waals surface area contributed by atoms with Crippen LogP contribution in [0, 0.1) is 0 Å². The van der Waals surface area contributed by atoms with Crippen molar-refractivity contribution in [3.05, 3.63) is 82.2 Å². The Morgan fingerprint density at radius 3 is 2.57 bits per heavy atom. The quantitative estimate of drug-likeness (QED) is 0.600. The highest BCUT2D eigenvalue weighted by Gasteiger charge is 2.37. The van der Waals surface area contributed by atoms with Crippen LogP contribution in [0.3, 0.4) is 0 Å². The van der Waals surface area contributed by atoms with Gasteiger partial charge in [0, 0.05) is 35.6 Å². The fourth-order valence-electron chi connectivity index (χ4n) is 3.94. The lowest BCUT2D eigenvalue weighted by Gasteiger charge is -2.29. The summed E-state index contributed by atoms with van der Waals surface area (Å²) in [4.78, 5) is 2.16. The minimum atomic E-state index is -4.61. The predicted octanol–water partition coefficient (Wildman–Crippen LogP) is 6.06. The Morgan fingerprint density at radius 1 is 1.10 bits per heavy atom. The highest BCUT2D eigenvalue weighted by Crippen LogP contribution is 2.37. The first kappa shape index (κ1) is 20.8. The van der Waals surface area contributed by atoms with Crippen molar-refractivity contribution in [2.45, 2.75) is 38.0 Å². The molecule has 1 heterocycles. The molecule has 0 fully saturated rings. The molecule has 0 saturated heterocycles. The number of allylic oxidation sites excluding steroid dienone is 1. The number of alkyl halides is 3. The highest BCUT2D eigenvalue weighted by atomic mass is 35.5. The zero-order chi connectivity index (χ0) is 21.3. The summed E-state index contributed by atoms with van der Waals surface area (Å²) in [5.74, 6) is 0. The van der Waals surface area contributed by atoms with E-state index in [0.29, 0.717) is 10.6 Å². The molecule has 1 aliphatic heterocycles. The van der Waals surface area contributed by atoms with Gasteiger partial charge >= 0.3 is 6.18 Å². The van der Waals surface area contributed by atoms with Crippen molar-refractivity contribution < 1.29 is 18.3 Å². The minimum Gasteiger partial charge on any atom is -0.383 e. The first-order valence-corrected chi connectivity index (χ1v) is 10.2. The number of benzene rings is 2. The number of aliphatic hydroxyl groups excluding tert-OH is 1. The topological polar surface area (TPSA) is 35.5 Å². The van der Waals surface area contributed by atoms with Crippen LogP contribution in [0.5, 0.6) is 0 Å². The Balaban J connectivity index is 1.53. The van der Waals surface area contributed by atoms with Gasteiger partial charge in [-0.2, -0.15) is 13.2 Å². The Bertz CT molecular complexity index is 983. The van der Waals surface area contributed by atoms with Crippen LogP contribution < -0.4 is 10.2 Å². The molecule has 2 aromatic rings. The number of aliphatic hydroxyl groups is 1. The van der Waals surface area contributed by atoms with Crippen LogP contribution in [0.25, 0.3) is 0 Å². The standard InChI is InChI=1S/C23H22ClF3N2O/c24-17-4-2-5-19(12-17)29-13-16-3-1-6-20(16)21(14-29)28-18-9-7-15(8-10-18)11-22(30)23(25,26)27/h2,4-5,7-10,12,14,22,28,30H,1,3,6,11,13H2. The van der Waals surface area contributed by atoms with Crippen LogP contribution in [-0.2, 0) is 6.42 Å². The van der Waals surface area contributed by atoms with Crippen LogP contribution >= 0.6 is 11.6 Å². The smallest absolute Gasteiger partial charge is 0.383 e. The molecule has 158 valence electrons. The molecule has 2 aromatic carbocycles. The van der Waals surface area contributed by atoms with Gasteiger partial charge < -0.3 is 15.3 Å². The van der Waals surface area contributed by atoms with Crippen molar-refractivity contribution in [2.75, 3.05) is 16.8 Å². The van der Waals surface area contributed by atoms with Gasteiger partial charge in [0.25, 0.3) is 0 Å². The zero-order valence-corrected chi connectivity index (χ0v) is 17.0. The van der Waals surface area contributed by atoms with E-state index in [1.165, 1.54) is 11.1 Å². The molecule has 0 amide bonds. The van der Waals surface area contributed by atoms with Gasteiger partial charge in [-0.3, -0.25) is 0 Å². The average Bonchev–Trinajstić information content (AvgIpc) is 3.18. The molecule has 1 atom stereocenters. The Kier molecular flexibility index (Phi) is 5.80. The van der Waals surface area contributed by atoms with Crippen LogP contribution in [0.4, 0.5) is 24.5 Å². The van der Waals surface area contributed by atoms with E-state index in [9.17, 15) is 18.3 Å². The molecule has 7 heteroatoms. The van der Waals surface area contributed by atoms with Crippen molar-refractivity contribution >= 4 is 23.0 Å². The molecule has 0 saturated carbocycles. The van der Waals surface area contributed by atoms with Crippen LogP contribution in [-0.4, -0.2) is 23.9 Å². The summed E-state index contributed by atoms with van der Waals surface area (Å²) >= 11 is 6.16. The summed E-state index contributed by atoms with van der Waals surface area (Å²) in [5, 5.41) is 13.4. The lowest BCUT2D eigenvalue weighted by atomic mass is 10.0. The fourth-order valence-corrected chi connectivity index (χ4v) is 4.12. The predicted molar refractivity (Wildman–Crippen MR) is 114 cm³/mol. The SMILES string of the molecule is OC(Cc1ccc(NC2=CN(c3cccc(Cl)c3)CC3=C2CCC3)cc1)C(F)(F)F. The minimum absolute atomic E-state index is 0.435. The summed E-state index contributed by atoms with van der Waals surface area (Å²) < 4.78 is 37.7. The first-order valence-electron chi connectivity index (χ1n) is 9.85. The summed E-state index contributed by atoms with van der Waals surface area (Å²) in [6, 6.07) is 14.4. The summed E-state index contributed by atoms with van der Waals surface area (Å²) in [6.45, 7) is 0.828. The van der Waals surface area contributed by atoms with Gasteiger partial charge in [0.05, 0.1) is 5.70 Å². The van der Waals surface area contributed by atoms with E-state index < -0.39 is 18.7 Å². The molecule has 3 nitrogen and oxygen atoms in total. The van der Waals surface area contributed by atoms with Gasteiger partial charge in [0.2, 0.25) is 0 Å². The molecule has 1 unspecified atom stereocenters.